The zero-order chi connectivity index (χ0) is 17.6. The molecule has 0 radical (unpaired) electrons. The highest BCUT2D eigenvalue weighted by molar-refractivity contribution is 7.89. The highest BCUT2D eigenvalue weighted by Crippen LogP contribution is 2.15. The quantitative estimate of drug-likeness (QED) is 0.843. The molecule has 7 heteroatoms. The van der Waals surface area contributed by atoms with Crippen molar-refractivity contribution in [2.24, 2.45) is 0 Å². The summed E-state index contributed by atoms with van der Waals surface area (Å²) in [5, 5.41) is 2.62. The SMILES string of the molecule is CNS(=O)(=O)c1cccc(NC(=O)CC=Cc2cccc(F)c2)c1. The van der Waals surface area contributed by atoms with E-state index in [9.17, 15) is 17.6 Å². The lowest BCUT2D eigenvalue weighted by Crippen LogP contribution is -2.19. The first-order valence-electron chi connectivity index (χ1n) is 7.16. The molecule has 1 amide bonds. The number of hydrogen-bond acceptors (Lipinski definition) is 3. The maximum Gasteiger partial charge on any atom is 0.240 e. The van der Waals surface area contributed by atoms with Crippen molar-refractivity contribution in [2.45, 2.75) is 11.3 Å². The first kappa shape index (κ1) is 17.8. The average molecular weight is 348 g/mol. The van der Waals surface area contributed by atoms with Crippen LogP contribution < -0.4 is 10.0 Å². The van der Waals surface area contributed by atoms with Crippen LogP contribution in [0, 0.1) is 5.82 Å². The molecular weight excluding hydrogens is 331 g/mol. The number of hydrogen-bond donors (Lipinski definition) is 2. The Kier molecular flexibility index (Phi) is 5.83. The second kappa shape index (κ2) is 7.85. The molecule has 2 aromatic carbocycles. The number of benzene rings is 2. The van der Waals surface area contributed by atoms with E-state index in [1.54, 1.807) is 36.4 Å². The van der Waals surface area contributed by atoms with Gasteiger partial charge in [-0.3, -0.25) is 4.79 Å². The van der Waals surface area contributed by atoms with E-state index in [2.05, 4.69) is 10.0 Å². The lowest BCUT2D eigenvalue weighted by atomic mass is 10.2. The monoisotopic (exact) mass is 348 g/mol. The molecule has 0 spiro atoms. The van der Waals surface area contributed by atoms with Gasteiger partial charge in [-0.05, 0) is 42.9 Å². The third-order valence-corrected chi connectivity index (χ3v) is 4.57. The molecule has 0 atom stereocenters. The van der Waals surface area contributed by atoms with Crippen LogP contribution in [0.1, 0.15) is 12.0 Å². The summed E-state index contributed by atoms with van der Waals surface area (Å²) in [6, 6.07) is 12.0. The van der Waals surface area contributed by atoms with E-state index in [1.807, 2.05) is 0 Å². The predicted octanol–water partition coefficient (Wildman–Crippen LogP) is 2.78. The summed E-state index contributed by atoms with van der Waals surface area (Å²) in [5.41, 5.74) is 1.04. The molecule has 0 aliphatic rings. The van der Waals surface area contributed by atoms with Gasteiger partial charge in [0, 0.05) is 12.1 Å². The smallest absolute Gasteiger partial charge is 0.240 e. The molecule has 2 aromatic rings. The fraction of sp³-hybridized carbons (Fsp3) is 0.118. The molecule has 2 rings (SSSR count). The van der Waals surface area contributed by atoms with E-state index in [1.165, 1.54) is 31.3 Å². The maximum absolute atomic E-state index is 13.0. The second-order valence-electron chi connectivity index (χ2n) is 4.95. The fourth-order valence-electron chi connectivity index (χ4n) is 1.98. The third-order valence-electron chi connectivity index (χ3n) is 3.16. The van der Waals surface area contributed by atoms with Gasteiger partial charge in [0.15, 0.2) is 0 Å². The van der Waals surface area contributed by atoms with Crippen LogP contribution in [-0.4, -0.2) is 21.4 Å². The summed E-state index contributed by atoms with van der Waals surface area (Å²) < 4.78 is 38.7. The number of carbonyl (C=O) groups is 1. The molecule has 0 saturated carbocycles. The van der Waals surface area contributed by atoms with Gasteiger partial charge in [-0.2, -0.15) is 0 Å². The Bertz CT molecular complexity index is 864. The van der Waals surface area contributed by atoms with Gasteiger partial charge in [-0.1, -0.05) is 30.4 Å². The number of carbonyl (C=O) groups excluding carboxylic acids is 1. The van der Waals surface area contributed by atoms with Crippen LogP contribution in [0.5, 0.6) is 0 Å². The van der Waals surface area contributed by atoms with Gasteiger partial charge in [0.1, 0.15) is 5.82 Å². The van der Waals surface area contributed by atoms with Crippen LogP contribution in [0.3, 0.4) is 0 Å². The summed E-state index contributed by atoms with van der Waals surface area (Å²) >= 11 is 0. The van der Waals surface area contributed by atoms with Gasteiger partial charge < -0.3 is 5.32 Å². The molecule has 0 unspecified atom stereocenters. The molecule has 126 valence electrons. The van der Waals surface area contributed by atoms with Crippen LogP contribution in [0.4, 0.5) is 10.1 Å². The fourth-order valence-corrected chi connectivity index (χ4v) is 2.76. The minimum absolute atomic E-state index is 0.0677. The highest BCUT2D eigenvalue weighted by atomic mass is 32.2. The van der Waals surface area contributed by atoms with E-state index in [0.29, 0.717) is 11.3 Å². The Hall–Kier alpha value is -2.51. The summed E-state index contributed by atoms with van der Waals surface area (Å²) in [5.74, 6) is -0.647. The van der Waals surface area contributed by atoms with Crippen LogP contribution in [0.15, 0.2) is 59.5 Å². The number of sulfonamides is 1. The van der Waals surface area contributed by atoms with E-state index in [0.717, 1.165) is 0 Å². The van der Waals surface area contributed by atoms with Crippen LogP contribution in [0.25, 0.3) is 6.08 Å². The molecule has 0 aliphatic carbocycles. The summed E-state index contributed by atoms with van der Waals surface area (Å²) in [7, 11) is -2.25. The molecule has 0 saturated heterocycles. The van der Waals surface area contributed by atoms with E-state index in [-0.39, 0.29) is 23.0 Å². The number of halogens is 1. The normalized spacial score (nSPS) is 11.6. The van der Waals surface area contributed by atoms with Crippen molar-refractivity contribution in [3.8, 4) is 0 Å². The first-order chi connectivity index (χ1) is 11.4. The van der Waals surface area contributed by atoms with Crippen molar-refractivity contribution < 1.29 is 17.6 Å². The number of anilines is 1. The molecule has 0 heterocycles. The minimum atomic E-state index is -3.56. The Labute approximate surface area is 140 Å². The summed E-state index contributed by atoms with van der Waals surface area (Å²) in [6.07, 6.45) is 3.34. The van der Waals surface area contributed by atoms with Gasteiger partial charge in [0.2, 0.25) is 15.9 Å². The van der Waals surface area contributed by atoms with E-state index < -0.39 is 10.0 Å². The summed E-state index contributed by atoms with van der Waals surface area (Å²) in [6.45, 7) is 0. The Morgan fingerprint density at radius 2 is 1.92 bits per heavy atom. The second-order valence-corrected chi connectivity index (χ2v) is 6.83. The average Bonchev–Trinajstić information content (AvgIpc) is 2.55. The van der Waals surface area contributed by atoms with Crippen LogP contribution in [-0.2, 0) is 14.8 Å². The van der Waals surface area contributed by atoms with Crippen LogP contribution >= 0.6 is 0 Å². The van der Waals surface area contributed by atoms with Gasteiger partial charge in [-0.15, -0.1) is 0 Å². The molecule has 5 nitrogen and oxygen atoms in total. The van der Waals surface area contributed by atoms with Crippen molar-refractivity contribution in [3.05, 3.63) is 66.0 Å². The molecule has 24 heavy (non-hydrogen) atoms. The minimum Gasteiger partial charge on any atom is -0.326 e. The topological polar surface area (TPSA) is 75.3 Å². The zero-order valence-corrected chi connectivity index (χ0v) is 13.8. The molecule has 2 N–H and O–H groups in total. The van der Waals surface area contributed by atoms with Gasteiger partial charge in [-0.25, -0.2) is 17.5 Å². The van der Waals surface area contributed by atoms with Gasteiger partial charge in [0.25, 0.3) is 0 Å². The van der Waals surface area contributed by atoms with E-state index >= 15 is 0 Å². The molecule has 0 aromatic heterocycles. The molecule has 0 fully saturated rings. The molecule has 0 bridgehead atoms. The molecular formula is C17H17FN2O3S. The van der Waals surface area contributed by atoms with Crippen molar-refractivity contribution in [1.29, 1.82) is 0 Å². The van der Waals surface area contributed by atoms with Crippen molar-refractivity contribution in [1.82, 2.24) is 4.72 Å². The first-order valence-corrected chi connectivity index (χ1v) is 8.64. The largest absolute Gasteiger partial charge is 0.326 e. The zero-order valence-electron chi connectivity index (χ0n) is 13.0. The highest BCUT2D eigenvalue weighted by Gasteiger charge is 2.11. The number of rotatable bonds is 6. The Morgan fingerprint density at radius 3 is 2.62 bits per heavy atom. The maximum atomic E-state index is 13.0. The summed E-state index contributed by atoms with van der Waals surface area (Å²) in [4.78, 5) is 12.0. The van der Waals surface area contributed by atoms with Crippen molar-refractivity contribution in [2.75, 3.05) is 12.4 Å². The van der Waals surface area contributed by atoms with Gasteiger partial charge in [0.05, 0.1) is 4.90 Å². The number of amides is 1. The predicted molar refractivity (Wildman–Crippen MR) is 91.4 cm³/mol. The van der Waals surface area contributed by atoms with Crippen LogP contribution in [0.2, 0.25) is 0 Å². The lowest BCUT2D eigenvalue weighted by Gasteiger charge is -2.07. The molecule has 0 aliphatic heterocycles. The Balaban J connectivity index is 1.99. The van der Waals surface area contributed by atoms with E-state index in [4.69, 9.17) is 0 Å². The van der Waals surface area contributed by atoms with Gasteiger partial charge >= 0.3 is 0 Å². The number of nitrogens with one attached hydrogen (secondary N) is 2. The standard InChI is InChI=1S/C17H17FN2O3S/c1-19-24(22,23)16-9-4-8-15(12-16)20-17(21)10-3-6-13-5-2-7-14(18)11-13/h2-9,11-12,19H,10H2,1H3,(H,20,21). The van der Waals surface area contributed by atoms with Crippen molar-refractivity contribution >= 4 is 27.7 Å². The van der Waals surface area contributed by atoms with Crippen molar-refractivity contribution in [3.63, 3.8) is 0 Å². The Morgan fingerprint density at radius 1 is 1.17 bits per heavy atom. The third kappa shape index (κ3) is 5.00. The lowest BCUT2D eigenvalue weighted by molar-refractivity contribution is -0.115.